The molecular weight excluding hydrogens is 332 g/mol. The first-order valence-electron chi connectivity index (χ1n) is 9.19. The van der Waals surface area contributed by atoms with Gasteiger partial charge >= 0.3 is 0 Å². The van der Waals surface area contributed by atoms with E-state index in [1.807, 2.05) is 18.5 Å². The van der Waals surface area contributed by atoms with E-state index in [1.54, 1.807) is 12.5 Å². The summed E-state index contributed by atoms with van der Waals surface area (Å²) in [6.07, 6.45) is 8.11. The fraction of sp³-hybridized carbons (Fsp3) is 0.167. The van der Waals surface area contributed by atoms with Gasteiger partial charge in [0.2, 0.25) is 0 Å². The largest absolute Gasteiger partial charge is 0.472 e. The fourth-order valence-electron chi connectivity index (χ4n) is 3.25. The second-order valence-electron chi connectivity index (χ2n) is 7.01. The first kappa shape index (κ1) is 17.2. The molecule has 4 aromatic rings. The summed E-state index contributed by atoms with van der Waals surface area (Å²) in [6, 6.07) is 19.0. The van der Waals surface area contributed by atoms with Crippen LogP contribution in [0.15, 0.2) is 83.9 Å². The Labute approximate surface area is 159 Å². The molecule has 3 nitrogen and oxygen atoms in total. The molecule has 0 saturated carbocycles. The van der Waals surface area contributed by atoms with Crippen molar-refractivity contribution in [2.24, 2.45) is 0 Å². The summed E-state index contributed by atoms with van der Waals surface area (Å²) in [6.45, 7) is 4.29. The van der Waals surface area contributed by atoms with Crippen LogP contribution in [-0.2, 0) is 6.42 Å². The van der Waals surface area contributed by atoms with Crippen LogP contribution in [0, 0.1) is 6.92 Å². The van der Waals surface area contributed by atoms with Gasteiger partial charge in [-0.2, -0.15) is 0 Å². The molecule has 1 atom stereocenters. The third kappa shape index (κ3) is 3.98. The number of nitrogens with zero attached hydrogens (tertiary/aromatic N) is 2. The average molecular weight is 354 g/mol. The highest BCUT2D eigenvalue weighted by Gasteiger charge is 2.11. The molecule has 0 amide bonds. The van der Waals surface area contributed by atoms with E-state index in [2.05, 4.69) is 67.4 Å². The Morgan fingerprint density at radius 3 is 2.56 bits per heavy atom. The number of rotatable bonds is 5. The van der Waals surface area contributed by atoms with Gasteiger partial charge in [-0.25, -0.2) is 4.98 Å². The van der Waals surface area contributed by atoms with Crippen molar-refractivity contribution < 1.29 is 4.42 Å². The Hall–Kier alpha value is -3.20. The minimum atomic E-state index is 0.280. The van der Waals surface area contributed by atoms with Crippen LogP contribution >= 0.6 is 0 Å². The van der Waals surface area contributed by atoms with Crippen LogP contribution in [0.5, 0.6) is 0 Å². The Bertz CT molecular complexity index is 1020. The third-order valence-electron chi connectivity index (χ3n) is 4.83. The van der Waals surface area contributed by atoms with Crippen molar-refractivity contribution in [1.29, 1.82) is 0 Å². The molecule has 3 heteroatoms. The molecule has 0 spiro atoms. The summed E-state index contributed by atoms with van der Waals surface area (Å²) in [5.74, 6) is 0.280. The standard InChI is InChI=1S/C24H22N2O/c1-17-6-8-20(9-7-17)24-15-25-14-23(26-24)18(2)12-19-4-3-5-21(13-19)22-10-11-27-16-22/h3-11,13-16,18H,12H2,1-2H3. The molecule has 0 saturated heterocycles. The molecule has 27 heavy (non-hydrogen) atoms. The van der Waals surface area contributed by atoms with Crippen molar-refractivity contribution >= 4 is 0 Å². The van der Waals surface area contributed by atoms with Gasteiger partial charge in [-0.15, -0.1) is 0 Å². The lowest BCUT2D eigenvalue weighted by Crippen LogP contribution is -2.03. The van der Waals surface area contributed by atoms with Gasteiger partial charge in [0, 0.05) is 23.2 Å². The lowest BCUT2D eigenvalue weighted by atomic mass is 9.96. The fourth-order valence-corrected chi connectivity index (χ4v) is 3.25. The number of aryl methyl sites for hydroxylation is 1. The van der Waals surface area contributed by atoms with E-state index < -0.39 is 0 Å². The molecule has 0 fully saturated rings. The number of benzene rings is 2. The predicted molar refractivity (Wildman–Crippen MR) is 108 cm³/mol. The summed E-state index contributed by atoms with van der Waals surface area (Å²) in [7, 11) is 0. The van der Waals surface area contributed by atoms with Gasteiger partial charge < -0.3 is 4.42 Å². The Morgan fingerprint density at radius 1 is 0.926 bits per heavy atom. The molecule has 2 aromatic heterocycles. The average Bonchev–Trinajstić information content (AvgIpc) is 3.24. The van der Waals surface area contributed by atoms with Crippen LogP contribution in [-0.4, -0.2) is 9.97 Å². The van der Waals surface area contributed by atoms with Crippen molar-refractivity contribution in [2.45, 2.75) is 26.2 Å². The molecular formula is C24H22N2O. The van der Waals surface area contributed by atoms with Crippen LogP contribution in [0.25, 0.3) is 22.4 Å². The summed E-state index contributed by atoms with van der Waals surface area (Å²) in [5, 5.41) is 0. The topological polar surface area (TPSA) is 38.9 Å². The van der Waals surface area contributed by atoms with Gasteiger partial charge in [0.05, 0.1) is 30.1 Å². The number of hydrogen-bond acceptors (Lipinski definition) is 3. The Balaban J connectivity index is 1.55. The zero-order chi connectivity index (χ0) is 18.6. The normalized spacial score (nSPS) is 12.1. The van der Waals surface area contributed by atoms with E-state index in [4.69, 9.17) is 9.40 Å². The maximum absolute atomic E-state index is 5.20. The van der Waals surface area contributed by atoms with Crippen molar-refractivity contribution in [3.8, 4) is 22.4 Å². The van der Waals surface area contributed by atoms with Gasteiger partial charge in [-0.3, -0.25) is 4.98 Å². The first-order chi connectivity index (χ1) is 13.2. The molecule has 1 unspecified atom stereocenters. The SMILES string of the molecule is Cc1ccc(-c2cncc(C(C)Cc3cccc(-c4ccoc4)c3)n2)cc1. The number of aromatic nitrogens is 2. The Morgan fingerprint density at radius 2 is 1.78 bits per heavy atom. The summed E-state index contributed by atoms with van der Waals surface area (Å²) in [5.41, 5.74) is 7.84. The summed E-state index contributed by atoms with van der Waals surface area (Å²) in [4.78, 5) is 9.29. The van der Waals surface area contributed by atoms with Crippen molar-refractivity contribution in [3.05, 3.63) is 96.3 Å². The van der Waals surface area contributed by atoms with E-state index in [1.165, 1.54) is 16.7 Å². The van der Waals surface area contributed by atoms with Crippen molar-refractivity contribution in [2.75, 3.05) is 0 Å². The first-order valence-corrected chi connectivity index (χ1v) is 9.19. The van der Waals surface area contributed by atoms with E-state index in [-0.39, 0.29) is 5.92 Å². The monoisotopic (exact) mass is 354 g/mol. The molecule has 134 valence electrons. The predicted octanol–water partition coefficient (Wildman–Crippen LogP) is 6.06. The van der Waals surface area contributed by atoms with Crippen molar-refractivity contribution in [1.82, 2.24) is 9.97 Å². The third-order valence-corrected chi connectivity index (χ3v) is 4.83. The number of furan rings is 1. The van der Waals surface area contributed by atoms with Gasteiger partial charge in [-0.05, 0) is 30.5 Å². The van der Waals surface area contributed by atoms with Gasteiger partial charge in [0.15, 0.2) is 0 Å². The van der Waals surface area contributed by atoms with Crippen LogP contribution in [0.2, 0.25) is 0 Å². The molecule has 0 aliphatic rings. The highest BCUT2D eigenvalue weighted by atomic mass is 16.3. The van der Waals surface area contributed by atoms with Gasteiger partial charge in [0.1, 0.15) is 0 Å². The smallest absolute Gasteiger partial charge is 0.0980 e. The summed E-state index contributed by atoms with van der Waals surface area (Å²) < 4.78 is 5.20. The molecule has 0 bridgehead atoms. The second-order valence-corrected chi connectivity index (χ2v) is 7.01. The van der Waals surface area contributed by atoms with Gasteiger partial charge in [-0.1, -0.05) is 61.0 Å². The van der Waals surface area contributed by atoms with Gasteiger partial charge in [0.25, 0.3) is 0 Å². The maximum atomic E-state index is 5.20. The molecule has 0 radical (unpaired) electrons. The summed E-state index contributed by atoms with van der Waals surface area (Å²) >= 11 is 0. The second kappa shape index (κ2) is 7.58. The van der Waals surface area contributed by atoms with Crippen molar-refractivity contribution in [3.63, 3.8) is 0 Å². The molecule has 0 aliphatic carbocycles. The van der Waals surface area contributed by atoms with E-state index >= 15 is 0 Å². The zero-order valence-electron chi connectivity index (χ0n) is 15.6. The maximum Gasteiger partial charge on any atom is 0.0980 e. The van der Waals surface area contributed by atoms with E-state index in [0.717, 1.165) is 28.9 Å². The van der Waals surface area contributed by atoms with Crippen LogP contribution in [0.4, 0.5) is 0 Å². The van der Waals surface area contributed by atoms with Crippen LogP contribution in [0.1, 0.15) is 29.7 Å². The quantitative estimate of drug-likeness (QED) is 0.437. The van der Waals surface area contributed by atoms with Crippen LogP contribution < -0.4 is 0 Å². The molecule has 2 aromatic carbocycles. The van der Waals surface area contributed by atoms with Crippen LogP contribution in [0.3, 0.4) is 0 Å². The minimum Gasteiger partial charge on any atom is -0.472 e. The molecule has 2 heterocycles. The van der Waals surface area contributed by atoms with E-state index in [0.29, 0.717) is 0 Å². The Kier molecular flexibility index (Phi) is 4.84. The minimum absolute atomic E-state index is 0.280. The molecule has 0 aliphatic heterocycles. The molecule has 4 rings (SSSR count). The zero-order valence-corrected chi connectivity index (χ0v) is 15.6. The number of hydrogen-bond donors (Lipinski definition) is 0. The highest BCUT2D eigenvalue weighted by Crippen LogP contribution is 2.25. The molecule has 0 N–H and O–H groups in total. The lowest BCUT2D eigenvalue weighted by Gasteiger charge is -2.13. The van der Waals surface area contributed by atoms with E-state index in [9.17, 15) is 0 Å². The lowest BCUT2D eigenvalue weighted by molar-refractivity contribution is 0.568. The highest BCUT2D eigenvalue weighted by molar-refractivity contribution is 5.63.